The quantitative estimate of drug-likeness (QED) is 0.743. The Balaban J connectivity index is 1.45. The maximum atomic E-state index is 12.9. The lowest BCUT2D eigenvalue weighted by atomic mass is 9.83. The number of imidazole rings is 1. The molecule has 5 rings (SSSR count). The molecule has 144 valence electrons. The van der Waals surface area contributed by atoms with Crippen molar-refractivity contribution in [3.8, 4) is 16.9 Å². The zero-order valence-electron chi connectivity index (χ0n) is 15.8. The lowest BCUT2D eigenvalue weighted by molar-refractivity contribution is 0.257. The molecule has 0 unspecified atom stereocenters. The Labute approximate surface area is 163 Å². The molecule has 6 heteroatoms. The molecule has 0 radical (unpaired) electrons. The van der Waals surface area contributed by atoms with Crippen molar-refractivity contribution in [1.29, 1.82) is 0 Å². The number of aromatic nitrogens is 3. The van der Waals surface area contributed by atoms with Crippen LogP contribution in [-0.4, -0.2) is 33.8 Å². The Morgan fingerprint density at radius 3 is 3.04 bits per heavy atom. The molecular weight excluding hydrogens is 352 g/mol. The number of hydrogen-bond donors (Lipinski definition) is 1. The molecular formula is C22H24N4O2. The van der Waals surface area contributed by atoms with Gasteiger partial charge in [-0.15, -0.1) is 0 Å². The monoisotopic (exact) mass is 376 g/mol. The fourth-order valence-corrected chi connectivity index (χ4v) is 4.47. The van der Waals surface area contributed by atoms with Crippen molar-refractivity contribution in [2.24, 2.45) is 5.92 Å². The van der Waals surface area contributed by atoms with Crippen molar-refractivity contribution < 1.29 is 4.74 Å². The van der Waals surface area contributed by atoms with Gasteiger partial charge in [0.2, 0.25) is 0 Å². The van der Waals surface area contributed by atoms with E-state index in [9.17, 15) is 4.79 Å². The topological polar surface area (TPSA) is 61.1 Å². The van der Waals surface area contributed by atoms with Gasteiger partial charge in [0.25, 0.3) is 5.56 Å². The summed E-state index contributed by atoms with van der Waals surface area (Å²) in [5.41, 5.74) is 3.16. The van der Waals surface area contributed by atoms with Gasteiger partial charge in [-0.2, -0.15) is 0 Å². The summed E-state index contributed by atoms with van der Waals surface area (Å²) in [6, 6.07) is 11.9. The Bertz CT molecular complexity index is 1030. The number of nitrogens with zero attached hydrogens (tertiary/aromatic N) is 3. The van der Waals surface area contributed by atoms with E-state index in [-0.39, 0.29) is 5.56 Å². The lowest BCUT2D eigenvalue weighted by Crippen LogP contribution is -2.44. The molecule has 4 heterocycles. The maximum Gasteiger partial charge on any atom is 0.251 e. The fraction of sp³-hybridized carbons (Fsp3) is 0.364. The van der Waals surface area contributed by atoms with Crippen molar-refractivity contribution >= 4 is 0 Å². The highest BCUT2D eigenvalue weighted by Gasteiger charge is 2.31. The first-order valence-corrected chi connectivity index (χ1v) is 9.91. The third-order valence-corrected chi connectivity index (χ3v) is 5.83. The molecule has 0 aliphatic carbocycles. The molecule has 1 aromatic carbocycles. The lowest BCUT2D eigenvalue weighted by Gasteiger charge is -2.37. The van der Waals surface area contributed by atoms with Crippen LogP contribution >= 0.6 is 0 Å². The van der Waals surface area contributed by atoms with Crippen LogP contribution in [0.15, 0.2) is 59.9 Å². The number of rotatable bonds is 5. The molecule has 0 amide bonds. The largest absolute Gasteiger partial charge is 0.491 e. The standard InChI is InChI=1S/C22H24N4O2/c27-22-11-17(10-20-18-9-16(12-24-13-18)14-26(20)22)19-3-1-2-4-21(19)28-8-7-25-6-5-23-15-25/h1-6,10-11,15-16,18,24H,7-9,12-14H2/t16-,18+/m0/s1. The predicted octanol–water partition coefficient (Wildman–Crippen LogP) is 2.50. The second-order valence-corrected chi connectivity index (χ2v) is 7.72. The van der Waals surface area contributed by atoms with E-state index in [1.54, 1.807) is 18.6 Å². The minimum absolute atomic E-state index is 0.0947. The van der Waals surface area contributed by atoms with Crippen LogP contribution < -0.4 is 15.6 Å². The Kier molecular flexibility index (Phi) is 4.49. The van der Waals surface area contributed by atoms with Crippen molar-refractivity contribution in [2.75, 3.05) is 19.7 Å². The molecule has 2 aliphatic rings. The number of benzene rings is 1. The van der Waals surface area contributed by atoms with Gasteiger partial charge in [0, 0.05) is 48.7 Å². The smallest absolute Gasteiger partial charge is 0.251 e. The molecule has 6 nitrogen and oxygen atoms in total. The van der Waals surface area contributed by atoms with Gasteiger partial charge in [0.05, 0.1) is 12.9 Å². The van der Waals surface area contributed by atoms with Gasteiger partial charge >= 0.3 is 0 Å². The summed E-state index contributed by atoms with van der Waals surface area (Å²) in [5, 5.41) is 3.51. The van der Waals surface area contributed by atoms with E-state index in [1.165, 1.54) is 6.42 Å². The van der Waals surface area contributed by atoms with E-state index >= 15 is 0 Å². The number of fused-ring (bicyclic) bond motifs is 4. The summed E-state index contributed by atoms with van der Waals surface area (Å²) in [6.07, 6.45) is 6.63. The van der Waals surface area contributed by atoms with Crippen LogP contribution in [0.5, 0.6) is 5.75 Å². The zero-order chi connectivity index (χ0) is 18.9. The van der Waals surface area contributed by atoms with Crippen LogP contribution in [0, 0.1) is 5.92 Å². The highest BCUT2D eigenvalue weighted by Crippen LogP contribution is 2.35. The average molecular weight is 376 g/mol. The van der Waals surface area contributed by atoms with E-state index in [0.29, 0.717) is 18.4 Å². The molecule has 0 saturated carbocycles. The minimum atomic E-state index is 0.0947. The van der Waals surface area contributed by atoms with Gasteiger partial charge in [0.1, 0.15) is 12.4 Å². The second-order valence-electron chi connectivity index (χ2n) is 7.72. The molecule has 1 fully saturated rings. The van der Waals surface area contributed by atoms with Crippen LogP contribution in [0.1, 0.15) is 18.0 Å². The first-order chi connectivity index (χ1) is 13.8. The van der Waals surface area contributed by atoms with Crippen LogP contribution in [0.4, 0.5) is 0 Å². The highest BCUT2D eigenvalue weighted by atomic mass is 16.5. The Morgan fingerprint density at radius 2 is 2.14 bits per heavy atom. The molecule has 2 atom stereocenters. The highest BCUT2D eigenvalue weighted by molar-refractivity contribution is 5.70. The van der Waals surface area contributed by atoms with Crippen molar-refractivity contribution in [2.45, 2.75) is 25.4 Å². The van der Waals surface area contributed by atoms with Gasteiger partial charge in [-0.1, -0.05) is 18.2 Å². The van der Waals surface area contributed by atoms with Gasteiger partial charge in [-0.3, -0.25) is 4.79 Å². The molecule has 28 heavy (non-hydrogen) atoms. The van der Waals surface area contributed by atoms with Gasteiger partial charge < -0.3 is 19.2 Å². The predicted molar refractivity (Wildman–Crippen MR) is 108 cm³/mol. The number of pyridine rings is 1. The summed E-state index contributed by atoms with van der Waals surface area (Å²) in [4.78, 5) is 16.9. The van der Waals surface area contributed by atoms with Crippen molar-refractivity contribution in [3.63, 3.8) is 0 Å². The van der Waals surface area contributed by atoms with Crippen LogP contribution in [-0.2, 0) is 13.1 Å². The molecule has 1 N–H and O–H groups in total. The molecule has 0 spiro atoms. The fourth-order valence-electron chi connectivity index (χ4n) is 4.47. The normalized spacial score (nSPS) is 20.6. The zero-order valence-corrected chi connectivity index (χ0v) is 15.8. The first kappa shape index (κ1) is 17.3. The number of hydrogen-bond acceptors (Lipinski definition) is 4. The summed E-state index contributed by atoms with van der Waals surface area (Å²) >= 11 is 0. The Hall–Kier alpha value is -2.86. The number of nitrogens with one attached hydrogen (secondary N) is 1. The number of piperidine rings is 1. The maximum absolute atomic E-state index is 12.9. The van der Waals surface area contributed by atoms with Crippen molar-refractivity contribution in [1.82, 2.24) is 19.4 Å². The summed E-state index contributed by atoms with van der Waals surface area (Å²) < 4.78 is 10.0. The van der Waals surface area contributed by atoms with E-state index in [4.69, 9.17) is 4.74 Å². The number of ether oxygens (including phenoxy) is 1. The Morgan fingerprint density at radius 1 is 1.21 bits per heavy atom. The van der Waals surface area contributed by atoms with Crippen LogP contribution in [0.2, 0.25) is 0 Å². The molecule has 3 aromatic rings. The molecule has 2 aliphatic heterocycles. The van der Waals surface area contributed by atoms with Gasteiger partial charge in [0.15, 0.2) is 0 Å². The van der Waals surface area contributed by atoms with Crippen LogP contribution in [0.3, 0.4) is 0 Å². The third-order valence-electron chi connectivity index (χ3n) is 5.83. The van der Waals surface area contributed by atoms with E-state index in [1.807, 2.05) is 39.6 Å². The molecule has 2 bridgehead atoms. The average Bonchev–Trinajstić information content (AvgIpc) is 3.23. The number of para-hydroxylation sites is 1. The van der Waals surface area contributed by atoms with E-state index < -0.39 is 0 Å². The van der Waals surface area contributed by atoms with Gasteiger partial charge in [-0.05, 0) is 36.6 Å². The second kappa shape index (κ2) is 7.28. The summed E-state index contributed by atoms with van der Waals surface area (Å²) in [7, 11) is 0. The minimum Gasteiger partial charge on any atom is -0.491 e. The third kappa shape index (κ3) is 3.24. The first-order valence-electron chi connectivity index (χ1n) is 9.91. The van der Waals surface area contributed by atoms with E-state index in [2.05, 4.69) is 16.4 Å². The summed E-state index contributed by atoms with van der Waals surface area (Å²) in [6.45, 7) is 4.06. The van der Waals surface area contributed by atoms with Gasteiger partial charge in [-0.25, -0.2) is 4.98 Å². The molecule has 1 saturated heterocycles. The van der Waals surface area contributed by atoms with Crippen LogP contribution in [0.25, 0.3) is 11.1 Å². The SMILES string of the molecule is O=c1cc(-c2ccccc2OCCn2ccnc2)cc2n1C[C@@H]1CNC[C@H]2C1. The summed E-state index contributed by atoms with van der Waals surface area (Å²) in [5.74, 6) is 1.78. The van der Waals surface area contributed by atoms with E-state index in [0.717, 1.165) is 48.7 Å². The van der Waals surface area contributed by atoms with Crippen molar-refractivity contribution in [3.05, 3.63) is 71.2 Å². The molecule has 2 aromatic heterocycles.